The van der Waals surface area contributed by atoms with E-state index in [0.29, 0.717) is 0 Å². The predicted molar refractivity (Wildman–Crippen MR) is 59.0 cm³/mol. The van der Waals surface area contributed by atoms with Gasteiger partial charge in [-0.1, -0.05) is 26.2 Å². The molecule has 1 saturated heterocycles. The second-order valence-electron chi connectivity index (χ2n) is 4.62. The maximum Gasteiger partial charge on any atom is 0.00978 e. The molecule has 0 aliphatic carbocycles. The first-order valence-electron chi connectivity index (χ1n) is 6.01. The molecule has 0 radical (unpaired) electrons. The van der Waals surface area contributed by atoms with Crippen molar-refractivity contribution in [1.29, 1.82) is 0 Å². The smallest absolute Gasteiger partial charge is 0.00978 e. The molecule has 1 nitrogen and oxygen atoms in total. The van der Waals surface area contributed by atoms with Crippen LogP contribution in [-0.4, -0.2) is 23.5 Å². The molecule has 1 unspecified atom stereocenters. The largest absolute Gasteiger partial charge is 0.298 e. The van der Waals surface area contributed by atoms with Crippen molar-refractivity contribution in [3.05, 3.63) is 0 Å². The summed E-state index contributed by atoms with van der Waals surface area (Å²) in [6.45, 7) is 8.33. The normalized spacial score (nSPS) is 26.3. The van der Waals surface area contributed by atoms with Gasteiger partial charge in [0, 0.05) is 12.1 Å². The Bertz CT molecular complexity index is 131. The summed E-state index contributed by atoms with van der Waals surface area (Å²) in [7, 11) is 0. The van der Waals surface area contributed by atoms with Crippen molar-refractivity contribution in [1.82, 2.24) is 4.90 Å². The lowest BCUT2D eigenvalue weighted by Gasteiger charge is -2.33. The molecule has 13 heavy (non-hydrogen) atoms. The first kappa shape index (κ1) is 11.0. The maximum absolute atomic E-state index is 2.72. The van der Waals surface area contributed by atoms with Crippen LogP contribution >= 0.6 is 0 Å². The Hall–Kier alpha value is -0.0400. The van der Waals surface area contributed by atoms with Gasteiger partial charge >= 0.3 is 0 Å². The van der Waals surface area contributed by atoms with Crippen LogP contribution in [0.3, 0.4) is 0 Å². The minimum atomic E-state index is 0.745. The number of rotatable bonds is 3. The van der Waals surface area contributed by atoms with Crippen molar-refractivity contribution in [3.8, 4) is 0 Å². The van der Waals surface area contributed by atoms with Gasteiger partial charge in [-0.2, -0.15) is 0 Å². The highest BCUT2D eigenvalue weighted by Gasteiger charge is 2.21. The second-order valence-corrected chi connectivity index (χ2v) is 4.62. The lowest BCUT2D eigenvalue weighted by Crippen LogP contribution is -2.39. The predicted octanol–water partition coefficient (Wildman–Crippen LogP) is 3.44. The van der Waals surface area contributed by atoms with Gasteiger partial charge in [-0.25, -0.2) is 0 Å². The summed E-state index contributed by atoms with van der Waals surface area (Å²) in [5, 5.41) is 0. The average molecular weight is 183 g/mol. The molecule has 0 spiro atoms. The van der Waals surface area contributed by atoms with Crippen LogP contribution in [0, 0.1) is 0 Å². The topological polar surface area (TPSA) is 3.24 Å². The van der Waals surface area contributed by atoms with Gasteiger partial charge in [0.15, 0.2) is 0 Å². The van der Waals surface area contributed by atoms with Crippen LogP contribution in [0.2, 0.25) is 0 Å². The Morgan fingerprint density at radius 2 is 2.00 bits per heavy atom. The molecule has 0 aromatic rings. The van der Waals surface area contributed by atoms with Gasteiger partial charge < -0.3 is 0 Å². The highest BCUT2D eigenvalue weighted by molar-refractivity contribution is 4.77. The van der Waals surface area contributed by atoms with E-state index in [1.807, 2.05) is 0 Å². The van der Waals surface area contributed by atoms with E-state index < -0.39 is 0 Å². The summed E-state index contributed by atoms with van der Waals surface area (Å²) in [5.74, 6) is 0. The SMILES string of the molecule is CCCC1CCCCCN1C(C)C. The first-order valence-corrected chi connectivity index (χ1v) is 6.01. The van der Waals surface area contributed by atoms with Crippen molar-refractivity contribution >= 4 is 0 Å². The minimum Gasteiger partial charge on any atom is -0.298 e. The fourth-order valence-electron chi connectivity index (χ4n) is 2.52. The zero-order chi connectivity index (χ0) is 9.68. The molecule has 1 heteroatoms. The van der Waals surface area contributed by atoms with Crippen molar-refractivity contribution in [2.45, 2.75) is 71.4 Å². The lowest BCUT2D eigenvalue weighted by molar-refractivity contribution is 0.148. The molecule has 78 valence electrons. The number of hydrogen-bond acceptors (Lipinski definition) is 1. The van der Waals surface area contributed by atoms with Crippen molar-refractivity contribution < 1.29 is 0 Å². The summed E-state index contributed by atoms with van der Waals surface area (Å²) in [5.41, 5.74) is 0. The van der Waals surface area contributed by atoms with Crippen molar-refractivity contribution in [3.63, 3.8) is 0 Å². The Morgan fingerprint density at radius 1 is 1.23 bits per heavy atom. The Balaban J connectivity index is 2.50. The van der Waals surface area contributed by atoms with Gasteiger partial charge in [-0.15, -0.1) is 0 Å². The summed E-state index contributed by atoms with van der Waals surface area (Å²) < 4.78 is 0. The van der Waals surface area contributed by atoms with E-state index in [1.165, 1.54) is 45.1 Å². The summed E-state index contributed by atoms with van der Waals surface area (Å²) in [6, 6.07) is 1.63. The lowest BCUT2D eigenvalue weighted by atomic mass is 10.0. The monoisotopic (exact) mass is 183 g/mol. The van der Waals surface area contributed by atoms with Crippen LogP contribution in [0.1, 0.15) is 59.3 Å². The van der Waals surface area contributed by atoms with Crippen molar-refractivity contribution in [2.24, 2.45) is 0 Å². The summed E-state index contributed by atoms with van der Waals surface area (Å²) >= 11 is 0. The van der Waals surface area contributed by atoms with Crippen LogP contribution < -0.4 is 0 Å². The fraction of sp³-hybridized carbons (Fsp3) is 1.00. The van der Waals surface area contributed by atoms with Crippen LogP contribution in [0.15, 0.2) is 0 Å². The second kappa shape index (κ2) is 5.64. The molecule has 1 heterocycles. The van der Waals surface area contributed by atoms with Gasteiger partial charge in [-0.05, 0) is 39.7 Å². The quantitative estimate of drug-likeness (QED) is 0.648. The molecule has 1 rings (SSSR count). The fourth-order valence-corrected chi connectivity index (χ4v) is 2.52. The molecule has 0 aromatic heterocycles. The Morgan fingerprint density at radius 3 is 2.62 bits per heavy atom. The standard InChI is InChI=1S/C12H25N/c1-4-8-12-9-6-5-7-10-13(12)11(2)3/h11-12H,4-10H2,1-3H3. The van der Waals surface area contributed by atoms with Crippen molar-refractivity contribution in [2.75, 3.05) is 6.54 Å². The van der Waals surface area contributed by atoms with E-state index in [2.05, 4.69) is 25.7 Å². The molecule has 1 aliphatic heterocycles. The van der Waals surface area contributed by atoms with E-state index in [4.69, 9.17) is 0 Å². The summed E-state index contributed by atoms with van der Waals surface area (Å²) in [6.07, 6.45) is 8.49. The van der Waals surface area contributed by atoms with E-state index in [0.717, 1.165) is 12.1 Å². The Labute approximate surface area is 83.5 Å². The van der Waals surface area contributed by atoms with E-state index >= 15 is 0 Å². The van der Waals surface area contributed by atoms with Crippen LogP contribution in [-0.2, 0) is 0 Å². The van der Waals surface area contributed by atoms with Gasteiger partial charge in [-0.3, -0.25) is 4.90 Å². The van der Waals surface area contributed by atoms with E-state index in [-0.39, 0.29) is 0 Å². The highest BCUT2D eigenvalue weighted by Crippen LogP contribution is 2.22. The molecule has 0 aromatic carbocycles. The summed E-state index contributed by atoms with van der Waals surface area (Å²) in [4.78, 5) is 2.72. The maximum atomic E-state index is 2.72. The zero-order valence-electron chi connectivity index (χ0n) is 9.55. The highest BCUT2D eigenvalue weighted by atomic mass is 15.2. The minimum absolute atomic E-state index is 0.745. The molecule has 1 aliphatic rings. The third kappa shape index (κ3) is 3.30. The van der Waals surface area contributed by atoms with Gasteiger partial charge in [0.2, 0.25) is 0 Å². The molecule has 1 fully saturated rings. The molecular formula is C12H25N. The third-order valence-electron chi connectivity index (χ3n) is 3.21. The molecule has 0 N–H and O–H groups in total. The zero-order valence-corrected chi connectivity index (χ0v) is 9.55. The third-order valence-corrected chi connectivity index (χ3v) is 3.21. The first-order chi connectivity index (χ1) is 6.25. The van der Waals surface area contributed by atoms with Gasteiger partial charge in [0.25, 0.3) is 0 Å². The number of likely N-dealkylation sites (tertiary alicyclic amines) is 1. The molecule has 0 amide bonds. The van der Waals surface area contributed by atoms with E-state index in [9.17, 15) is 0 Å². The van der Waals surface area contributed by atoms with E-state index in [1.54, 1.807) is 0 Å². The average Bonchev–Trinajstić information content (AvgIpc) is 2.30. The number of nitrogens with zero attached hydrogens (tertiary/aromatic N) is 1. The van der Waals surface area contributed by atoms with Crippen LogP contribution in [0.25, 0.3) is 0 Å². The number of hydrogen-bond donors (Lipinski definition) is 0. The molecule has 0 bridgehead atoms. The van der Waals surface area contributed by atoms with Crippen LogP contribution in [0.4, 0.5) is 0 Å². The van der Waals surface area contributed by atoms with Gasteiger partial charge in [0.05, 0.1) is 0 Å². The Kier molecular flexibility index (Phi) is 4.79. The molecule has 1 atom stereocenters. The molecular weight excluding hydrogens is 158 g/mol. The van der Waals surface area contributed by atoms with Crippen LogP contribution in [0.5, 0.6) is 0 Å². The molecule has 0 saturated carbocycles. The van der Waals surface area contributed by atoms with Gasteiger partial charge in [0.1, 0.15) is 0 Å².